The van der Waals surface area contributed by atoms with Gasteiger partial charge in [-0.05, 0) is 29.8 Å². The minimum Gasteiger partial charge on any atom is -0.484 e. The minimum absolute atomic E-state index is 0.217. The van der Waals surface area contributed by atoms with Crippen LogP contribution in [0.5, 0.6) is 5.75 Å². The topological polar surface area (TPSA) is 76.7 Å². The first-order valence-corrected chi connectivity index (χ1v) is 7.94. The van der Waals surface area contributed by atoms with Gasteiger partial charge in [-0.3, -0.25) is 20.4 Å². The number of ether oxygens (including phenoxy) is 2. The molecule has 0 aliphatic rings. The van der Waals surface area contributed by atoms with Crippen LogP contribution in [0, 0.1) is 0 Å². The summed E-state index contributed by atoms with van der Waals surface area (Å²) in [5.41, 5.74) is 5.31. The van der Waals surface area contributed by atoms with Crippen molar-refractivity contribution < 1.29 is 19.1 Å². The Morgan fingerprint density at radius 2 is 1.71 bits per heavy atom. The summed E-state index contributed by atoms with van der Waals surface area (Å²) in [6.45, 7) is -0.217. The van der Waals surface area contributed by atoms with Gasteiger partial charge in [-0.15, -0.1) is 0 Å². The van der Waals surface area contributed by atoms with E-state index in [-0.39, 0.29) is 6.61 Å². The molecule has 0 bridgehead atoms. The van der Waals surface area contributed by atoms with Gasteiger partial charge < -0.3 is 9.47 Å². The van der Waals surface area contributed by atoms with Crippen molar-refractivity contribution in [3.8, 4) is 5.75 Å². The number of nitrogens with one attached hydrogen (secondary N) is 2. The lowest BCUT2D eigenvalue weighted by atomic mass is 10.1. The number of rotatable bonds is 6. The third-order valence-corrected chi connectivity index (χ3v) is 3.61. The predicted octanol–water partition coefficient (Wildman–Crippen LogP) is 2.36. The Balaban J connectivity index is 1.80. The molecular weight excluding hydrogens is 376 g/mol. The Labute approximate surface area is 148 Å². The number of carbonyl (C=O) groups is 2. The lowest BCUT2D eigenvalue weighted by molar-refractivity contribution is -0.136. The van der Waals surface area contributed by atoms with Crippen LogP contribution < -0.4 is 15.6 Å². The molecule has 0 heterocycles. The number of carbonyl (C=O) groups excluding carboxylic acids is 2. The van der Waals surface area contributed by atoms with E-state index in [4.69, 9.17) is 9.47 Å². The molecule has 1 unspecified atom stereocenters. The highest BCUT2D eigenvalue weighted by molar-refractivity contribution is 9.10. The fourth-order valence-corrected chi connectivity index (χ4v) is 2.20. The molecule has 2 amide bonds. The standard InChI is InChI=1S/C17H17BrN2O4/c1-23-16(12-5-3-2-4-6-12)17(22)20-19-15(21)11-24-14-9-7-13(18)8-10-14/h2-10,16H,11H2,1H3,(H,19,21)(H,20,22). The van der Waals surface area contributed by atoms with Crippen molar-refractivity contribution in [2.45, 2.75) is 6.10 Å². The molecule has 0 saturated heterocycles. The molecule has 7 heteroatoms. The number of hydrogen-bond acceptors (Lipinski definition) is 4. The van der Waals surface area contributed by atoms with Crippen LogP contribution in [0.4, 0.5) is 0 Å². The van der Waals surface area contributed by atoms with Gasteiger partial charge in [-0.2, -0.15) is 0 Å². The summed E-state index contributed by atoms with van der Waals surface area (Å²) in [4.78, 5) is 23.8. The summed E-state index contributed by atoms with van der Waals surface area (Å²) in [5.74, 6) is -0.395. The van der Waals surface area contributed by atoms with E-state index in [9.17, 15) is 9.59 Å². The van der Waals surface area contributed by atoms with Crippen LogP contribution in [0.15, 0.2) is 59.1 Å². The predicted molar refractivity (Wildman–Crippen MR) is 92.1 cm³/mol. The highest BCUT2D eigenvalue weighted by atomic mass is 79.9. The SMILES string of the molecule is COC(C(=O)NNC(=O)COc1ccc(Br)cc1)c1ccccc1. The molecule has 0 fully saturated rings. The quantitative estimate of drug-likeness (QED) is 0.739. The molecule has 6 nitrogen and oxygen atoms in total. The molecule has 0 aliphatic heterocycles. The maximum atomic E-state index is 12.1. The van der Waals surface area contributed by atoms with E-state index in [2.05, 4.69) is 26.8 Å². The van der Waals surface area contributed by atoms with Crippen molar-refractivity contribution in [1.29, 1.82) is 0 Å². The molecule has 2 rings (SSSR count). The maximum Gasteiger partial charge on any atom is 0.276 e. The normalized spacial score (nSPS) is 11.4. The number of hydrogen-bond donors (Lipinski definition) is 2. The Morgan fingerprint density at radius 3 is 2.33 bits per heavy atom. The van der Waals surface area contributed by atoms with Crippen LogP contribution in [0.1, 0.15) is 11.7 Å². The second-order valence-corrected chi connectivity index (χ2v) is 5.72. The summed E-state index contributed by atoms with van der Waals surface area (Å²) in [6.07, 6.45) is -0.807. The van der Waals surface area contributed by atoms with Gasteiger partial charge in [0.15, 0.2) is 12.7 Å². The van der Waals surface area contributed by atoms with Crippen LogP contribution in [0.3, 0.4) is 0 Å². The molecule has 0 aliphatic carbocycles. The minimum atomic E-state index is -0.807. The Bertz CT molecular complexity index is 677. The highest BCUT2D eigenvalue weighted by Crippen LogP contribution is 2.16. The molecule has 24 heavy (non-hydrogen) atoms. The van der Waals surface area contributed by atoms with Gasteiger partial charge in [-0.25, -0.2) is 0 Å². The summed E-state index contributed by atoms with van der Waals surface area (Å²) in [7, 11) is 1.43. The van der Waals surface area contributed by atoms with Crippen molar-refractivity contribution >= 4 is 27.7 Å². The average molecular weight is 393 g/mol. The van der Waals surface area contributed by atoms with E-state index in [0.29, 0.717) is 11.3 Å². The first-order valence-electron chi connectivity index (χ1n) is 7.15. The summed E-state index contributed by atoms with van der Waals surface area (Å²) >= 11 is 3.31. The largest absolute Gasteiger partial charge is 0.484 e. The van der Waals surface area contributed by atoms with E-state index < -0.39 is 17.9 Å². The van der Waals surface area contributed by atoms with Crippen LogP contribution in [-0.2, 0) is 14.3 Å². The monoisotopic (exact) mass is 392 g/mol. The first kappa shape index (κ1) is 18.0. The zero-order valence-corrected chi connectivity index (χ0v) is 14.6. The van der Waals surface area contributed by atoms with E-state index >= 15 is 0 Å². The van der Waals surface area contributed by atoms with Crippen molar-refractivity contribution in [3.63, 3.8) is 0 Å². The molecule has 0 spiro atoms. The van der Waals surface area contributed by atoms with Gasteiger partial charge in [0, 0.05) is 11.6 Å². The molecule has 2 aromatic carbocycles. The summed E-state index contributed by atoms with van der Waals surface area (Å²) in [6, 6.07) is 16.1. The third kappa shape index (κ3) is 5.36. The van der Waals surface area contributed by atoms with Crippen molar-refractivity contribution in [2.24, 2.45) is 0 Å². The molecule has 2 N–H and O–H groups in total. The summed E-state index contributed by atoms with van der Waals surface area (Å²) in [5, 5.41) is 0. The lowest BCUT2D eigenvalue weighted by Gasteiger charge is -2.16. The van der Waals surface area contributed by atoms with Gasteiger partial charge in [0.1, 0.15) is 5.75 Å². The van der Waals surface area contributed by atoms with E-state index in [1.165, 1.54) is 7.11 Å². The second-order valence-electron chi connectivity index (χ2n) is 4.81. The molecular formula is C17H17BrN2O4. The van der Waals surface area contributed by atoms with E-state index in [1.54, 1.807) is 48.5 Å². The number of hydrazine groups is 1. The van der Waals surface area contributed by atoms with E-state index in [0.717, 1.165) is 4.47 Å². The van der Waals surface area contributed by atoms with Crippen molar-refractivity contribution in [1.82, 2.24) is 10.9 Å². The first-order chi connectivity index (χ1) is 11.6. The molecule has 0 saturated carbocycles. The summed E-state index contributed by atoms with van der Waals surface area (Å²) < 4.78 is 11.4. The van der Waals surface area contributed by atoms with Gasteiger partial charge in [-0.1, -0.05) is 46.3 Å². The Kier molecular flexibility index (Phi) is 6.77. The number of methoxy groups -OCH3 is 1. The number of halogens is 1. The van der Waals surface area contributed by atoms with Gasteiger partial charge in [0.25, 0.3) is 11.8 Å². The number of amides is 2. The van der Waals surface area contributed by atoms with Crippen LogP contribution >= 0.6 is 15.9 Å². The van der Waals surface area contributed by atoms with Crippen molar-refractivity contribution in [3.05, 3.63) is 64.6 Å². The molecule has 0 aromatic heterocycles. The highest BCUT2D eigenvalue weighted by Gasteiger charge is 2.20. The van der Waals surface area contributed by atoms with Crippen LogP contribution in [0.2, 0.25) is 0 Å². The molecule has 1 atom stereocenters. The molecule has 2 aromatic rings. The zero-order chi connectivity index (χ0) is 17.4. The smallest absolute Gasteiger partial charge is 0.276 e. The second kappa shape index (κ2) is 9.05. The van der Waals surface area contributed by atoms with Gasteiger partial charge >= 0.3 is 0 Å². The van der Waals surface area contributed by atoms with E-state index in [1.807, 2.05) is 6.07 Å². The Hall–Kier alpha value is -2.38. The van der Waals surface area contributed by atoms with Crippen molar-refractivity contribution in [2.75, 3.05) is 13.7 Å². The zero-order valence-electron chi connectivity index (χ0n) is 13.0. The van der Waals surface area contributed by atoms with Gasteiger partial charge in [0.05, 0.1) is 0 Å². The van der Waals surface area contributed by atoms with Gasteiger partial charge in [0.2, 0.25) is 0 Å². The number of benzene rings is 2. The third-order valence-electron chi connectivity index (χ3n) is 3.08. The van der Waals surface area contributed by atoms with Crippen LogP contribution in [0.25, 0.3) is 0 Å². The average Bonchev–Trinajstić information content (AvgIpc) is 2.61. The lowest BCUT2D eigenvalue weighted by Crippen LogP contribution is -2.46. The van der Waals surface area contributed by atoms with Crippen LogP contribution in [-0.4, -0.2) is 25.5 Å². The Morgan fingerprint density at radius 1 is 1.04 bits per heavy atom. The fourth-order valence-electron chi connectivity index (χ4n) is 1.93. The fraction of sp³-hybridized carbons (Fsp3) is 0.176. The molecule has 126 valence electrons. The maximum absolute atomic E-state index is 12.1. The molecule has 0 radical (unpaired) electrons.